The van der Waals surface area contributed by atoms with Crippen molar-refractivity contribution in [3.63, 3.8) is 0 Å². The molecule has 0 fully saturated rings. The Kier molecular flexibility index (Phi) is 7.52. The molecular formula is C26H25FN4OS. The van der Waals surface area contributed by atoms with Crippen LogP contribution in [0.25, 0.3) is 11.4 Å². The van der Waals surface area contributed by atoms with Crippen LogP contribution in [-0.4, -0.2) is 26.4 Å². The fourth-order valence-electron chi connectivity index (χ4n) is 3.56. The molecule has 1 aromatic heterocycles. The number of carbonyl (C=O) groups is 1. The first-order chi connectivity index (χ1) is 16.1. The third kappa shape index (κ3) is 5.87. The molecule has 1 amide bonds. The van der Waals surface area contributed by atoms with Crippen LogP contribution in [0.3, 0.4) is 0 Å². The number of rotatable bonds is 9. The molecule has 1 heterocycles. The first kappa shape index (κ1) is 22.7. The second-order valence-corrected chi connectivity index (χ2v) is 8.60. The van der Waals surface area contributed by atoms with Crippen molar-refractivity contribution in [1.82, 2.24) is 20.1 Å². The maximum absolute atomic E-state index is 14.5. The Morgan fingerprint density at radius 1 is 0.970 bits per heavy atom. The lowest BCUT2D eigenvalue weighted by Crippen LogP contribution is -2.28. The second-order valence-electron chi connectivity index (χ2n) is 7.66. The number of thioether (sulfide) groups is 1. The van der Waals surface area contributed by atoms with Crippen molar-refractivity contribution in [2.24, 2.45) is 0 Å². The molecule has 0 aliphatic carbocycles. The molecule has 0 bridgehead atoms. The number of aryl methyl sites for hydroxylation is 1. The van der Waals surface area contributed by atoms with E-state index in [9.17, 15) is 9.18 Å². The minimum atomic E-state index is -0.350. The van der Waals surface area contributed by atoms with E-state index in [4.69, 9.17) is 0 Å². The van der Waals surface area contributed by atoms with Crippen molar-refractivity contribution in [3.8, 4) is 11.4 Å². The van der Waals surface area contributed by atoms with Crippen LogP contribution in [-0.2, 0) is 17.8 Å². The van der Waals surface area contributed by atoms with Crippen LogP contribution in [0.1, 0.15) is 24.1 Å². The maximum Gasteiger partial charge on any atom is 0.230 e. The van der Waals surface area contributed by atoms with Crippen molar-refractivity contribution in [2.45, 2.75) is 31.1 Å². The number of nitrogens with zero attached hydrogens (tertiary/aromatic N) is 3. The van der Waals surface area contributed by atoms with Crippen LogP contribution in [0.2, 0.25) is 0 Å². The van der Waals surface area contributed by atoms with Gasteiger partial charge in [0, 0.05) is 6.54 Å². The van der Waals surface area contributed by atoms with Crippen LogP contribution in [0, 0.1) is 5.82 Å². The van der Waals surface area contributed by atoms with Gasteiger partial charge in [0.1, 0.15) is 5.82 Å². The summed E-state index contributed by atoms with van der Waals surface area (Å²) < 4.78 is 16.4. The maximum atomic E-state index is 14.5. The zero-order chi connectivity index (χ0) is 23.0. The summed E-state index contributed by atoms with van der Waals surface area (Å²) in [6, 6.07) is 26.3. The Balaban J connectivity index is 1.49. The summed E-state index contributed by atoms with van der Waals surface area (Å²) in [5.41, 5.74) is 2.60. The number of aromatic nitrogens is 3. The average Bonchev–Trinajstić information content (AvgIpc) is 3.25. The molecule has 5 nitrogen and oxygen atoms in total. The van der Waals surface area contributed by atoms with E-state index in [1.165, 1.54) is 17.8 Å². The first-order valence-electron chi connectivity index (χ1n) is 10.8. The molecule has 0 radical (unpaired) electrons. The van der Waals surface area contributed by atoms with E-state index in [0.29, 0.717) is 23.1 Å². The van der Waals surface area contributed by atoms with Crippen molar-refractivity contribution >= 4 is 17.7 Å². The molecule has 1 atom stereocenters. The second kappa shape index (κ2) is 10.9. The molecule has 0 aliphatic heterocycles. The monoisotopic (exact) mass is 460 g/mol. The lowest BCUT2D eigenvalue weighted by Gasteiger charge is -2.14. The number of hydrogen-bond acceptors (Lipinski definition) is 4. The SMILES string of the molecule is C[C@H](NC(=O)CSc1nnc(-c2ccccc2F)n1CCc1ccccc1)c1ccccc1. The van der Waals surface area contributed by atoms with E-state index >= 15 is 0 Å². The third-order valence-electron chi connectivity index (χ3n) is 5.31. The number of hydrogen-bond donors (Lipinski definition) is 1. The molecule has 4 rings (SSSR count). The Bertz CT molecular complexity index is 1200. The van der Waals surface area contributed by atoms with Gasteiger partial charge in [-0.3, -0.25) is 4.79 Å². The van der Waals surface area contributed by atoms with Gasteiger partial charge < -0.3 is 9.88 Å². The standard InChI is InChI=1S/C26H25FN4OS/c1-19(21-12-6-3-7-13-21)28-24(32)18-33-26-30-29-25(22-14-8-9-15-23(22)27)31(26)17-16-20-10-4-2-5-11-20/h2-15,19H,16-18H2,1H3,(H,28,32)/t19-/m0/s1. The Hall–Kier alpha value is -3.45. The average molecular weight is 461 g/mol. The Morgan fingerprint density at radius 2 is 1.64 bits per heavy atom. The lowest BCUT2D eigenvalue weighted by molar-refractivity contribution is -0.119. The number of carbonyl (C=O) groups excluding carboxylic acids is 1. The van der Waals surface area contributed by atoms with Gasteiger partial charge in [0.15, 0.2) is 11.0 Å². The fraction of sp³-hybridized carbons (Fsp3) is 0.192. The van der Waals surface area contributed by atoms with Gasteiger partial charge in [0.05, 0.1) is 17.4 Å². The highest BCUT2D eigenvalue weighted by molar-refractivity contribution is 7.99. The van der Waals surface area contributed by atoms with E-state index in [1.807, 2.05) is 60.0 Å². The van der Waals surface area contributed by atoms with Crippen molar-refractivity contribution < 1.29 is 9.18 Å². The van der Waals surface area contributed by atoms with Gasteiger partial charge in [-0.1, -0.05) is 84.6 Å². The molecule has 0 aliphatic rings. The molecule has 0 saturated carbocycles. The van der Waals surface area contributed by atoms with Crippen LogP contribution < -0.4 is 5.32 Å². The Labute approximate surface area is 197 Å². The van der Waals surface area contributed by atoms with Gasteiger partial charge in [-0.15, -0.1) is 10.2 Å². The first-order valence-corrected chi connectivity index (χ1v) is 11.8. The van der Waals surface area contributed by atoms with Gasteiger partial charge in [-0.25, -0.2) is 4.39 Å². The summed E-state index contributed by atoms with van der Waals surface area (Å²) >= 11 is 1.30. The minimum absolute atomic E-state index is 0.0933. The molecule has 33 heavy (non-hydrogen) atoms. The van der Waals surface area contributed by atoms with Gasteiger partial charge in [-0.2, -0.15) is 0 Å². The topological polar surface area (TPSA) is 59.8 Å². The molecule has 168 valence electrons. The molecule has 1 N–H and O–H groups in total. The van der Waals surface area contributed by atoms with Gasteiger partial charge in [-0.05, 0) is 36.6 Å². The molecular weight excluding hydrogens is 435 g/mol. The molecule has 4 aromatic rings. The highest BCUT2D eigenvalue weighted by Crippen LogP contribution is 2.26. The van der Waals surface area contributed by atoms with Crippen molar-refractivity contribution in [3.05, 3.63) is 102 Å². The van der Waals surface area contributed by atoms with Crippen molar-refractivity contribution in [1.29, 1.82) is 0 Å². The third-order valence-corrected chi connectivity index (χ3v) is 6.27. The van der Waals surface area contributed by atoms with E-state index in [0.717, 1.165) is 17.5 Å². The number of nitrogens with one attached hydrogen (secondary N) is 1. The van der Waals surface area contributed by atoms with Crippen LogP contribution >= 0.6 is 11.8 Å². The predicted octanol–water partition coefficient (Wildman–Crippen LogP) is 5.30. The summed E-state index contributed by atoms with van der Waals surface area (Å²) in [6.45, 7) is 2.53. The number of halogens is 1. The van der Waals surface area contributed by atoms with E-state index in [1.54, 1.807) is 18.2 Å². The zero-order valence-electron chi connectivity index (χ0n) is 18.3. The van der Waals surface area contributed by atoms with Gasteiger partial charge >= 0.3 is 0 Å². The van der Waals surface area contributed by atoms with Crippen molar-refractivity contribution in [2.75, 3.05) is 5.75 Å². The van der Waals surface area contributed by atoms with E-state index in [2.05, 4.69) is 27.6 Å². The molecule has 0 saturated heterocycles. The quantitative estimate of drug-likeness (QED) is 0.345. The summed E-state index contributed by atoms with van der Waals surface area (Å²) in [7, 11) is 0. The number of benzene rings is 3. The summed E-state index contributed by atoms with van der Waals surface area (Å²) in [6.07, 6.45) is 0.741. The largest absolute Gasteiger partial charge is 0.349 e. The van der Waals surface area contributed by atoms with Gasteiger partial charge in [0.25, 0.3) is 0 Å². The summed E-state index contributed by atoms with van der Waals surface area (Å²) in [5, 5.41) is 12.2. The Morgan fingerprint density at radius 3 is 2.36 bits per heavy atom. The highest BCUT2D eigenvalue weighted by Gasteiger charge is 2.18. The van der Waals surface area contributed by atoms with Crippen LogP contribution in [0.15, 0.2) is 90.1 Å². The minimum Gasteiger partial charge on any atom is -0.349 e. The van der Waals surface area contributed by atoms with E-state index in [-0.39, 0.29) is 23.5 Å². The van der Waals surface area contributed by atoms with Crippen LogP contribution in [0.5, 0.6) is 0 Å². The molecule has 7 heteroatoms. The fourth-order valence-corrected chi connectivity index (χ4v) is 4.34. The van der Waals surface area contributed by atoms with Gasteiger partial charge in [0.2, 0.25) is 5.91 Å². The smallest absolute Gasteiger partial charge is 0.230 e. The predicted molar refractivity (Wildman–Crippen MR) is 129 cm³/mol. The molecule has 3 aromatic carbocycles. The summed E-state index contributed by atoms with van der Waals surface area (Å²) in [4.78, 5) is 12.6. The highest BCUT2D eigenvalue weighted by atomic mass is 32.2. The normalized spacial score (nSPS) is 11.8. The lowest BCUT2D eigenvalue weighted by atomic mass is 10.1. The molecule has 0 unspecified atom stereocenters. The molecule has 0 spiro atoms. The number of amides is 1. The zero-order valence-corrected chi connectivity index (χ0v) is 19.1. The van der Waals surface area contributed by atoms with Crippen LogP contribution in [0.4, 0.5) is 4.39 Å². The van der Waals surface area contributed by atoms with E-state index < -0.39 is 0 Å². The summed E-state index contributed by atoms with van der Waals surface area (Å²) in [5.74, 6) is 0.209.